The van der Waals surface area contributed by atoms with E-state index in [4.69, 9.17) is 14.9 Å². The minimum atomic E-state index is 0.237. The highest BCUT2D eigenvalue weighted by atomic mass is 16.5. The molecule has 0 rings (SSSR count). The molecule has 0 aromatic heterocycles. The predicted octanol–water partition coefficient (Wildman–Crippen LogP) is 4.55. The third kappa shape index (κ3) is 25.2. The van der Waals surface area contributed by atoms with E-state index in [9.17, 15) is 0 Å². The van der Waals surface area contributed by atoms with Gasteiger partial charge in [-0.15, -0.1) is 0 Å². The molecule has 0 aromatic carbocycles. The first-order chi connectivity index (χ1) is 10.2. The Hall–Kier alpha value is -0.120. The first-order valence-corrected chi connectivity index (χ1v) is 9.02. The van der Waals surface area contributed by atoms with E-state index in [0.29, 0.717) is 5.92 Å². The molecule has 21 heavy (non-hydrogen) atoms. The highest BCUT2D eigenvalue weighted by molar-refractivity contribution is 4.49. The highest BCUT2D eigenvalue weighted by Gasteiger charge is 1.97. The highest BCUT2D eigenvalue weighted by Crippen LogP contribution is 2.04. The van der Waals surface area contributed by atoms with Gasteiger partial charge in [0.2, 0.25) is 0 Å². The minimum Gasteiger partial charge on any atom is -0.396 e. The van der Waals surface area contributed by atoms with Crippen LogP contribution in [0.3, 0.4) is 0 Å². The Morgan fingerprint density at radius 3 is 1.48 bits per heavy atom. The molecule has 0 aromatic rings. The van der Waals surface area contributed by atoms with E-state index >= 15 is 0 Å². The first kappa shape index (κ1) is 23.2. The van der Waals surface area contributed by atoms with Crippen molar-refractivity contribution in [2.75, 3.05) is 26.4 Å². The molecule has 0 heterocycles. The molecule has 0 saturated heterocycles. The molecule has 0 atom stereocenters. The van der Waals surface area contributed by atoms with Crippen LogP contribution in [-0.4, -0.2) is 36.6 Å². The SMILES string of the molecule is CC(CCO)CCO.CCCCCCOCCCCCC. The zero-order valence-electron chi connectivity index (χ0n) is 14.8. The lowest BCUT2D eigenvalue weighted by atomic mass is 10.1. The van der Waals surface area contributed by atoms with Crippen molar-refractivity contribution < 1.29 is 14.9 Å². The van der Waals surface area contributed by atoms with Crippen molar-refractivity contribution in [3.63, 3.8) is 0 Å². The van der Waals surface area contributed by atoms with Gasteiger partial charge in [-0.3, -0.25) is 0 Å². The van der Waals surface area contributed by atoms with Gasteiger partial charge in [0, 0.05) is 26.4 Å². The van der Waals surface area contributed by atoms with E-state index < -0.39 is 0 Å². The third-order valence-electron chi connectivity index (χ3n) is 3.53. The Morgan fingerprint density at radius 2 is 1.14 bits per heavy atom. The molecule has 0 amide bonds. The quantitative estimate of drug-likeness (QED) is 0.463. The van der Waals surface area contributed by atoms with Crippen LogP contribution in [0, 0.1) is 5.92 Å². The van der Waals surface area contributed by atoms with Crippen LogP contribution in [-0.2, 0) is 4.74 Å². The maximum absolute atomic E-state index is 8.38. The smallest absolute Gasteiger partial charge is 0.0466 e. The molecule has 0 unspecified atom stereocenters. The maximum atomic E-state index is 8.38. The Kier molecular flexibility index (Phi) is 24.4. The second kappa shape index (κ2) is 22.2. The summed E-state index contributed by atoms with van der Waals surface area (Å²) >= 11 is 0. The number of ether oxygens (including phenoxy) is 1. The van der Waals surface area contributed by atoms with E-state index in [1.165, 1.54) is 51.4 Å². The number of unbranched alkanes of at least 4 members (excludes halogenated alkanes) is 6. The summed E-state index contributed by atoms with van der Waals surface area (Å²) in [6.07, 6.45) is 12.1. The molecule has 0 aliphatic carbocycles. The van der Waals surface area contributed by atoms with Gasteiger partial charge in [-0.25, -0.2) is 0 Å². The van der Waals surface area contributed by atoms with Crippen molar-refractivity contribution in [3.05, 3.63) is 0 Å². The van der Waals surface area contributed by atoms with Crippen LogP contribution in [0.4, 0.5) is 0 Å². The molecule has 3 nitrogen and oxygen atoms in total. The Bertz CT molecular complexity index is 147. The fourth-order valence-corrected chi connectivity index (χ4v) is 1.95. The number of hydrogen-bond donors (Lipinski definition) is 2. The molecule has 0 bridgehead atoms. The predicted molar refractivity (Wildman–Crippen MR) is 91.7 cm³/mol. The van der Waals surface area contributed by atoms with E-state index in [-0.39, 0.29) is 13.2 Å². The minimum absolute atomic E-state index is 0.237. The number of rotatable bonds is 14. The maximum Gasteiger partial charge on any atom is 0.0466 e. The molecule has 0 radical (unpaired) electrons. The van der Waals surface area contributed by atoms with Crippen LogP contribution in [0.15, 0.2) is 0 Å². The van der Waals surface area contributed by atoms with Crippen LogP contribution < -0.4 is 0 Å². The van der Waals surface area contributed by atoms with Gasteiger partial charge in [-0.05, 0) is 31.6 Å². The van der Waals surface area contributed by atoms with E-state index in [1.54, 1.807) is 0 Å². The fourth-order valence-electron chi connectivity index (χ4n) is 1.95. The molecule has 130 valence electrons. The summed E-state index contributed by atoms with van der Waals surface area (Å²) in [6, 6.07) is 0. The lowest BCUT2D eigenvalue weighted by molar-refractivity contribution is 0.126. The van der Waals surface area contributed by atoms with Gasteiger partial charge in [0.05, 0.1) is 0 Å². The molecule has 0 saturated carbocycles. The standard InChI is InChI=1S/C12H26O.C6H14O2/c1-3-5-7-9-11-13-12-10-8-6-4-2;1-6(2-4-7)3-5-8/h3-12H2,1-2H3;6-8H,2-5H2,1H3. The van der Waals surface area contributed by atoms with Crippen molar-refractivity contribution in [1.82, 2.24) is 0 Å². The van der Waals surface area contributed by atoms with E-state index in [1.807, 2.05) is 6.92 Å². The second-order valence-electron chi connectivity index (χ2n) is 5.86. The van der Waals surface area contributed by atoms with Crippen LogP contribution >= 0.6 is 0 Å². The molecular formula is C18H40O3. The fraction of sp³-hybridized carbons (Fsp3) is 1.00. The topological polar surface area (TPSA) is 49.7 Å². The Morgan fingerprint density at radius 1 is 0.714 bits per heavy atom. The summed E-state index contributed by atoms with van der Waals surface area (Å²) in [5.74, 6) is 0.463. The monoisotopic (exact) mass is 304 g/mol. The number of aliphatic hydroxyl groups excluding tert-OH is 2. The Labute approximate surface area is 133 Å². The second-order valence-corrected chi connectivity index (χ2v) is 5.86. The summed E-state index contributed by atoms with van der Waals surface area (Å²) < 4.78 is 5.53. The summed E-state index contributed by atoms with van der Waals surface area (Å²) in [4.78, 5) is 0. The molecule has 0 spiro atoms. The van der Waals surface area contributed by atoms with Crippen LogP contribution in [0.1, 0.15) is 85.0 Å². The molecule has 3 heteroatoms. The van der Waals surface area contributed by atoms with Crippen LogP contribution in [0.5, 0.6) is 0 Å². The van der Waals surface area contributed by atoms with E-state index in [2.05, 4.69) is 13.8 Å². The molecule has 0 aliphatic rings. The zero-order valence-corrected chi connectivity index (χ0v) is 14.8. The summed E-state index contributed by atoms with van der Waals surface area (Å²) in [6.45, 7) is 8.93. The zero-order chi connectivity index (χ0) is 16.2. The lowest BCUT2D eigenvalue weighted by Gasteiger charge is -2.04. The Balaban J connectivity index is 0. The van der Waals surface area contributed by atoms with Gasteiger partial charge in [0.1, 0.15) is 0 Å². The first-order valence-electron chi connectivity index (χ1n) is 9.02. The van der Waals surface area contributed by atoms with Gasteiger partial charge in [0.15, 0.2) is 0 Å². The van der Waals surface area contributed by atoms with Crippen LogP contribution in [0.2, 0.25) is 0 Å². The van der Waals surface area contributed by atoms with Crippen LogP contribution in [0.25, 0.3) is 0 Å². The molecule has 0 aliphatic heterocycles. The molecule has 0 fully saturated rings. The van der Waals surface area contributed by atoms with Gasteiger partial charge in [0.25, 0.3) is 0 Å². The van der Waals surface area contributed by atoms with Gasteiger partial charge < -0.3 is 14.9 Å². The van der Waals surface area contributed by atoms with Gasteiger partial charge >= 0.3 is 0 Å². The van der Waals surface area contributed by atoms with E-state index in [0.717, 1.165) is 26.1 Å². The van der Waals surface area contributed by atoms with Crippen molar-refractivity contribution >= 4 is 0 Å². The van der Waals surface area contributed by atoms with Crippen molar-refractivity contribution in [1.29, 1.82) is 0 Å². The third-order valence-corrected chi connectivity index (χ3v) is 3.53. The largest absolute Gasteiger partial charge is 0.396 e. The normalized spacial score (nSPS) is 10.6. The number of aliphatic hydroxyl groups is 2. The molecule has 2 N–H and O–H groups in total. The average Bonchev–Trinajstić information content (AvgIpc) is 2.47. The number of hydrogen-bond acceptors (Lipinski definition) is 3. The average molecular weight is 305 g/mol. The molecular weight excluding hydrogens is 264 g/mol. The van der Waals surface area contributed by atoms with Gasteiger partial charge in [-0.1, -0.05) is 59.3 Å². The van der Waals surface area contributed by atoms with Crippen molar-refractivity contribution in [3.8, 4) is 0 Å². The van der Waals surface area contributed by atoms with Gasteiger partial charge in [-0.2, -0.15) is 0 Å². The lowest BCUT2D eigenvalue weighted by Crippen LogP contribution is -1.99. The summed E-state index contributed by atoms with van der Waals surface area (Å²) in [7, 11) is 0. The van der Waals surface area contributed by atoms with Crippen molar-refractivity contribution in [2.24, 2.45) is 5.92 Å². The summed E-state index contributed by atoms with van der Waals surface area (Å²) in [5, 5.41) is 16.8. The summed E-state index contributed by atoms with van der Waals surface area (Å²) in [5.41, 5.74) is 0. The van der Waals surface area contributed by atoms with Crippen molar-refractivity contribution in [2.45, 2.75) is 85.0 Å².